The SMILES string of the molecule is CC(O)(CCO)CC(=O)O.O=P(O)(O)O. The summed E-state index contributed by atoms with van der Waals surface area (Å²) in [5, 5.41) is 25.7. The van der Waals surface area contributed by atoms with Crippen LogP contribution in [0.15, 0.2) is 0 Å². The average Bonchev–Trinajstić information content (AvgIpc) is 1.77. The number of rotatable bonds is 4. The lowest BCUT2D eigenvalue weighted by Gasteiger charge is -2.18. The van der Waals surface area contributed by atoms with E-state index in [0.717, 1.165) is 0 Å². The van der Waals surface area contributed by atoms with Crippen molar-refractivity contribution in [2.24, 2.45) is 0 Å². The molecule has 0 aromatic rings. The molecule has 8 nitrogen and oxygen atoms in total. The third-order valence-corrected chi connectivity index (χ3v) is 1.18. The van der Waals surface area contributed by atoms with Crippen molar-refractivity contribution in [3.63, 3.8) is 0 Å². The summed E-state index contributed by atoms with van der Waals surface area (Å²) in [6.45, 7) is 1.19. The molecule has 0 aromatic carbocycles. The minimum absolute atomic E-state index is 0.0965. The Morgan fingerprint density at radius 3 is 1.87 bits per heavy atom. The molecule has 0 heterocycles. The van der Waals surface area contributed by atoms with Crippen LogP contribution in [0.1, 0.15) is 19.8 Å². The first-order valence-corrected chi connectivity index (χ1v) is 5.38. The number of hydrogen-bond acceptors (Lipinski definition) is 4. The molecule has 9 heteroatoms. The molecule has 6 N–H and O–H groups in total. The van der Waals surface area contributed by atoms with Crippen LogP contribution < -0.4 is 0 Å². The molecule has 0 aliphatic rings. The van der Waals surface area contributed by atoms with Gasteiger partial charge in [0.25, 0.3) is 0 Å². The van der Waals surface area contributed by atoms with Gasteiger partial charge in [-0.15, -0.1) is 0 Å². The molecule has 0 saturated heterocycles. The van der Waals surface area contributed by atoms with E-state index in [1.54, 1.807) is 0 Å². The minimum Gasteiger partial charge on any atom is -0.481 e. The first kappa shape index (κ1) is 16.9. The maximum Gasteiger partial charge on any atom is 0.466 e. The number of phosphoric acid groups is 1. The highest BCUT2D eigenvalue weighted by molar-refractivity contribution is 7.45. The Morgan fingerprint density at radius 2 is 1.67 bits per heavy atom. The summed E-state index contributed by atoms with van der Waals surface area (Å²) < 4.78 is 8.88. The van der Waals surface area contributed by atoms with E-state index in [4.69, 9.17) is 34.6 Å². The molecule has 1 atom stereocenters. The molecule has 0 aliphatic carbocycles. The lowest BCUT2D eigenvalue weighted by Crippen LogP contribution is -2.28. The van der Waals surface area contributed by atoms with Gasteiger partial charge in [-0.25, -0.2) is 4.57 Å². The predicted octanol–water partition coefficient (Wildman–Crippen LogP) is -1.33. The molecule has 0 fully saturated rings. The molecule has 92 valence electrons. The van der Waals surface area contributed by atoms with Crippen LogP contribution in [-0.2, 0) is 9.36 Å². The fourth-order valence-electron chi connectivity index (χ4n) is 0.655. The van der Waals surface area contributed by atoms with E-state index in [1.807, 2.05) is 0 Å². The van der Waals surface area contributed by atoms with Gasteiger partial charge in [0.15, 0.2) is 0 Å². The first-order chi connectivity index (χ1) is 6.48. The monoisotopic (exact) mass is 246 g/mol. The molecule has 0 aliphatic heterocycles. The maximum absolute atomic E-state index is 10.0. The molecule has 15 heavy (non-hydrogen) atoms. The van der Waals surface area contributed by atoms with Crippen molar-refractivity contribution in [2.45, 2.75) is 25.4 Å². The molecule has 0 saturated carbocycles. The first-order valence-electron chi connectivity index (χ1n) is 3.81. The second-order valence-corrected chi connectivity index (χ2v) is 4.08. The van der Waals surface area contributed by atoms with Crippen LogP contribution in [-0.4, -0.2) is 48.2 Å². The summed E-state index contributed by atoms with van der Waals surface area (Å²) in [4.78, 5) is 31.6. The van der Waals surface area contributed by atoms with E-state index in [1.165, 1.54) is 6.92 Å². The average molecular weight is 246 g/mol. The number of carboxylic acid groups (broad SMARTS) is 1. The van der Waals surface area contributed by atoms with Crippen LogP contribution in [0.4, 0.5) is 0 Å². The van der Waals surface area contributed by atoms with Gasteiger partial charge in [0.2, 0.25) is 0 Å². The Morgan fingerprint density at radius 1 is 1.33 bits per heavy atom. The zero-order valence-electron chi connectivity index (χ0n) is 8.07. The summed E-state index contributed by atoms with van der Waals surface area (Å²) in [7, 11) is -4.64. The van der Waals surface area contributed by atoms with Crippen LogP contribution in [0.3, 0.4) is 0 Å². The molecule has 0 amide bonds. The van der Waals surface area contributed by atoms with Gasteiger partial charge in [-0.3, -0.25) is 4.79 Å². The smallest absolute Gasteiger partial charge is 0.466 e. The lowest BCUT2D eigenvalue weighted by atomic mass is 9.99. The van der Waals surface area contributed by atoms with E-state index in [0.29, 0.717) is 0 Å². The largest absolute Gasteiger partial charge is 0.481 e. The van der Waals surface area contributed by atoms with E-state index in [9.17, 15) is 4.79 Å². The standard InChI is InChI=1S/C6H12O4.H3O4P/c1-6(10,2-3-7)4-5(8)9;1-5(2,3)4/h7,10H,2-4H2,1H3,(H,8,9);(H3,1,2,3,4). The minimum atomic E-state index is -4.64. The summed E-state index contributed by atoms with van der Waals surface area (Å²) in [5.74, 6) is -1.06. The molecule has 0 radical (unpaired) electrons. The van der Waals surface area contributed by atoms with Crippen molar-refractivity contribution >= 4 is 13.8 Å². The van der Waals surface area contributed by atoms with Gasteiger partial charge in [-0.2, -0.15) is 0 Å². The van der Waals surface area contributed by atoms with Gasteiger partial charge in [0.05, 0.1) is 12.0 Å². The number of aliphatic carboxylic acids is 1. The zero-order valence-corrected chi connectivity index (χ0v) is 8.96. The highest BCUT2D eigenvalue weighted by atomic mass is 31.2. The Bertz CT molecular complexity index is 223. The molecular formula is C6H15O8P. The van der Waals surface area contributed by atoms with Crippen molar-refractivity contribution in [1.29, 1.82) is 0 Å². The summed E-state index contributed by atoms with van der Waals surface area (Å²) in [6.07, 6.45) is -0.229. The van der Waals surface area contributed by atoms with Crippen molar-refractivity contribution in [2.75, 3.05) is 6.61 Å². The molecule has 1 unspecified atom stereocenters. The molecule has 0 spiro atoms. The van der Waals surface area contributed by atoms with Gasteiger partial charge in [0.1, 0.15) is 0 Å². The van der Waals surface area contributed by atoms with Gasteiger partial charge in [-0.1, -0.05) is 0 Å². The third-order valence-electron chi connectivity index (χ3n) is 1.18. The van der Waals surface area contributed by atoms with E-state index < -0.39 is 19.4 Å². The Hall–Kier alpha value is -0.500. The Labute approximate surface area is 86.0 Å². The lowest BCUT2D eigenvalue weighted by molar-refractivity contribution is -0.142. The van der Waals surface area contributed by atoms with E-state index >= 15 is 0 Å². The van der Waals surface area contributed by atoms with Gasteiger partial charge in [0, 0.05) is 6.61 Å². The third kappa shape index (κ3) is 24.7. The fraction of sp³-hybridized carbons (Fsp3) is 0.833. The van der Waals surface area contributed by atoms with Crippen molar-refractivity contribution in [1.82, 2.24) is 0 Å². The van der Waals surface area contributed by atoms with Gasteiger partial charge < -0.3 is 30.0 Å². The van der Waals surface area contributed by atoms with Gasteiger partial charge >= 0.3 is 13.8 Å². The summed E-state index contributed by atoms with van der Waals surface area (Å²) >= 11 is 0. The normalized spacial score (nSPS) is 14.8. The summed E-state index contributed by atoms with van der Waals surface area (Å²) in [5.41, 5.74) is -1.28. The Balaban J connectivity index is 0. The fourth-order valence-corrected chi connectivity index (χ4v) is 0.655. The van der Waals surface area contributed by atoms with Crippen LogP contribution >= 0.6 is 7.82 Å². The van der Waals surface area contributed by atoms with Crippen molar-refractivity contribution in [3.05, 3.63) is 0 Å². The van der Waals surface area contributed by atoms with Crippen molar-refractivity contribution < 1.29 is 39.4 Å². The second kappa shape index (κ2) is 6.89. The number of hydrogen-bond donors (Lipinski definition) is 6. The number of aliphatic hydroxyl groups excluding tert-OH is 1. The van der Waals surface area contributed by atoms with Crippen molar-refractivity contribution in [3.8, 4) is 0 Å². The molecule has 0 rings (SSSR count). The Kier molecular flexibility index (Phi) is 7.77. The number of aliphatic hydroxyl groups is 2. The van der Waals surface area contributed by atoms with Crippen LogP contribution in [0.25, 0.3) is 0 Å². The van der Waals surface area contributed by atoms with E-state index in [-0.39, 0.29) is 19.4 Å². The number of carbonyl (C=O) groups is 1. The van der Waals surface area contributed by atoms with Crippen LogP contribution in [0, 0.1) is 0 Å². The topological polar surface area (TPSA) is 156 Å². The van der Waals surface area contributed by atoms with Crippen LogP contribution in [0.2, 0.25) is 0 Å². The maximum atomic E-state index is 10.0. The van der Waals surface area contributed by atoms with Gasteiger partial charge in [-0.05, 0) is 13.3 Å². The molecular weight excluding hydrogens is 231 g/mol. The predicted molar refractivity (Wildman–Crippen MR) is 48.8 cm³/mol. The quantitative estimate of drug-likeness (QED) is 0.333. The highest BCUT2D eigenvalue weighted by Gasteiger charge is 2.22. The second-order valence-electron chi connectivity index (χ2n) is 3.05. The van der Waals surface area contributed by atoms with Crippen LogP contribution in [0.5, 0.6) is 0 Å². The highest BCUT2D eigenvalue weighted by Crippen LogP contribution is 2.25. The summed E-state index contributed by atoms with van der Waals surface area (Å²) in [6, 6.07) is 0. The number of carboxylic acids is 1. The molecule has 0 bridgehead atoms. The molecule has 0 aromatic heterocycles. The zero-order chi connectivity index (χ0) is 12.7. The van der Waals surface area contributed by atoms with E-state index in [2.05, 4.69) is 0 Å².